The highest BCUT2D eigenvalue weighted by Crippen LogP contribution is 2.15. The zero-order valence-corrected chi connectivity index (χ0v) is 14.6. The number of esters is 1. The van der Waals surface area contributed by atoms with Crippen LogP contribution in [-0.4, -0.2) is 34.2 Å². The maximum absolute atomic E-state index is 12.3. The average Bonchev–Trinajstić information content (AvgIpc) is 2.66. The second-order valence-corrected chi connectivity index (χ2v) is 5.84. The van der Waals surface area contributed by atoms with Crippen LogP contribution in [0, 0.1) is 0 Å². The quantitative estimate of drug-likeness (QED) is 0.467. The van der Waals surface area contributed by atoms with E-state index in [2.05, 4.69) is 10.3 Å². The summed E-state index contributed by atoms with van der Waals surface area (Å²) in [6, 6.07) is 13.8. The number of ether oxygens (including phenoxy) is 2. The van der Waals surface area contributed by atoms with E-state index in [1.165, 1.54) is 0 Å². The van der Waals surface area contributed by atoms with Gasteiger partial charge in [0.05, 0.1) is 18.4 Å². The number of nitrogens with zero attached hydrogens (tertiary/aromatic N) is 3. The van der Waals surface area contributed by atoms with E-state index in [4.69, 9.17) is 21.1 Å². The molecule has 2 aromatic carbocycles. The van der Waals surface area contributed by atoms with Crippen molar-refractivity contribution in [2.24, 2.45) is 0 Å². The molecule has 0 aliphatic rings. The number of aryl methyl sites for hydroxylation is 1. The van der Waals surface area contributed by atoms with Crippen LogP contribution in [-0.2, 0) is 16.1 Å². The van der Waals surface area contributed by atoms with E-state index in [0.717, 1.165) is 4.68 Å². The number of carbonyl (C=O) groups excluding carboxylic acids is 1. The fraction of sp³-hybridized carbons (Fsp3) is 0.222. The molecule has 0 saturated heterocycles. The van der Waals surface area contributed by atoms with Gasteiger partial charge in [-0.15, -0.1) is 5.10 Å². The molecule has 0 bridgehead atoms. The largest absolute Gasteiger partial charge is 0.490 e. The molecule has 1 heterocycles. The highest BCUT2D eigenvalue weighted by molar-refractivity contribution is 6.30. The van der Waals surface area contributed by atoms with E-state index in [0.29, 0.717) is 21.7 Å². The van der Waals surface area contributed by atoms with Gasteiger partial charge in [0.25, 0.3) is 5.56 Å². The van der Waals surface area contributed by atoms with Gasteiger partial charge < -0.3 is 9.47 Å². The molecule has 134 valence electrons. The van der Waals surface area contributed by atoms with Crippen molar-refractivity contribution in [1.82, 2.24) is 15.0 Å². The van der Waals surface area contributed by atoms with Crippen molar-refractivity contribution < 1.29 is 14.3 Å². The first kappa shape index (κ1) is 17.9. The van der Waals surface area contributed by atoms with Gasteiger partial charge in [-0.3, -0.25) is 9.59 Å². The predicted molar refractivity (Wildman–Crippen MR) is 96.3 cm³/mol. The van der Waals surface area contributed by atoms with Gasteiger partial charge in [-0.05, 0) is 36.4 Å². The molecule has 0 atom stereocenters. The first-order valence-corrected chi connectivity index (χ1v) is 8.38. The third-order valence-electron chi connectivity index (χ3n) is 3.59. The number of hydrogen-bond donors (Lipinski definition) is 0. The third kappa shape index (κ3) is 4.58. The standard InChI is InChI=1S/C18H16ClN3O4/c19-13-5-7-14(8-6-13)25-11-12-26-17(23)9-10-22-18(24)15-3-1-2-4-16(15)20-21-22/h1-8H,9-12H2. The SMILES string of the molecule is O=C(CCn1nnc2ccccc2c1=O)OCCOc1ccc(Cl)cc1. The zero-order chi connectivity index (χ0) is 18.4. The van der Waals surface area contributed by atoms with E-state index in [9.17, 15) is 9.59 Å². The van der Waals surface area contributed by atoms with Crippen molar-refractivity contribution in [3.8, 4) is 5.75 Å². The molecule has 0 aliphatic carbocycles. The summed E-state index contributed by atoms with van der Waals surface area (Å²) in [5, 5.41) is 8.89. The molecule has 0 aliphatic heterocycles. The van der Waals surface area contributed by atoms with Crippen LogP contribution in [0.3, 0.4) is 0 Å². The van der Waals surface area contributed by atoms with Crippen molar-refractivity contribution in [2.45, 2.75) is 13.0 Å². The van der Waals surface area contributed by atoms with E-state index >= 15 is 0 Å². The normalized spacial score (nSPS) is 10.7. The number of hydrogen-bond acceptors (Lipinski definition) is 6. The minimum Gasteiger partial charge on any atom is -0.490 e. The second kappa shape index (κ2) is 8.44. The minimum atomic E-state index is -0.438. The summed E-state index contributed by atoms with van der Waals surface area (Å²) < 4.78 is 11.7. The number of rotatable bonds is 7. The minimum absolute atomic E-state index is 0.0217. The van der Waals surface area contributed by atoms with Gasteiger partial charge in [-0.25, -0.2) is 4.68 Å². The van der Waals surface area contributed by atoms with Crippen LogP contribution in [0.5, 0.6) is 5.75 Å². The molecule has 0 N–H and O–H groups in total. The molecule has 0 amide bonds. The van der Waals surface area contributed by atoms with Crippen molar-refractivity contribution in [3.63, 3.8) is 0 Å². The number of aromatic nitrogens is 3. The van der Waals surface area contributed by atoms with Gasteiger partial charge in [0.1, 0.15) is 24.5 Å². The highest BCUT2D eigenvalue weighted by Gasteiger charge is 2.08. The smallest absolute Gasteiger partial charge is 0.307 e. The Bertz CT molecular complexity index is 957. The Balaban J connectivity index is 1.45. The summed E-state index contributed by atoms with van der Waals surface area (Å²) >= 11 is 5.78. The number of benzene rings is 2. The molecule has 1 aromatic heterocycles. The highest BCUT2D eigenvalue weighted by atomic mass is 35.5. The van der Waals surface area contributed by atoms with Crippen molar-refractivity contribution in [2.75, 3.05) is 13.2 Å². The van der Waals surface area contributed by atoms with Crippen LogP contribution in [0.2, 0.25) is 5.02 Å². The molecule has 3 aromatic rings. The molecule has 0 fully saturated rings. The summed E-state index contributed by atoms with van der Waals surface area (Å²) in [5.41, 5.74) is 0.241. The van der Waals surface area contributed by atoms with E-state index in [1.807, 2.05) is 0 Å². The van der Waals surface area contributed by atoms with Gasteiger partial charge in [0.15, 0.2) is 0 Å². The Kier molecular flexibility index (Phi) is 5.80. The maximum atomic E-state index is 12.3. The van der Waals surface area contributed by atoms with Gasteiger partial charge in [-0.1, -0.05) is 28.9 Å². The summed E-state index contributed by atoms with van der Waals surface area (Å²) in [4.78, 5) is 24.0. The van der Waals surface area contributed by atoms with Crippen LogP contribution < -0.4 is 10.3 Å². The Morgan fingerprint density at radius 1 is 1.08 bits per heavy atom. The first-order valence-electron chi connectivity index (χ1n) is 8.00. The molecule has 7 nitrogen and oxygen atoms in total. The molecule has 3 rings (SSSR count). The Hall–Kier alpha value is -2.93. The first-order chi connectivity index (χ1) is 12.6. The number of halogens is 1. The lowest BCUT2D eigenvalue weighted by Crippen LogP contribution is -2.26. The van der Waals surface area contributed by atoms with Crippen molar-refractivity contribution in [3.05, 3.63) is 63.9 Å². The molecule has 0 unspecified atom stereocenters. The summed E-state index contributed by atoms with van der Waals surface area (Å²) in [6.45, 7) is 0.441. The van der Waals surface area contributed by atoms with Crippen molar-refractivity contribution >= 4 is 28.5 Å². The van der Waals surface area contributed by atoms with Crippen LogP contribution in [0.25, 0.3) is 10.9 Å². The lowest BCUT2D eigenvalue weighted by atomic mass is 10.2. The predicted octanol–water partition coefficient (Wildman–Crippen LogP) is 2.46. The maximum Gasteiger partial charge on any atom is 0.307 e. The molecular formula is C18H16ClN3O4. The van der Waals surface area contributed by atoms with Crippen molar-refractivity contribution in [1.29, 1.82) is 0 Å². The van der Waals surface area contributed by atoms with Crippen LogP contribution in [0.4, 0.5) is 0 Å². The molecule has 8 heteroatoms. The van der Waals surface area contributed by atoms with Crippen LogP contribution in [0.15, 0.2) is 53.3 Å². The Labute approximate surface area is 154 Å². The molecule has 0 radical (unpaired) electrons. The number of carbonyl (C=O) groups is 1. The van der Waals surface area contributed by atoms with E-state index in [1.54, 1.807) is 48.5 Å². The Morgan fingerprint density at radius 3 is 2.65 bits per heavy atom. The molecular weight excluding hydrogens is 358 g/mol. The zero-order valence-electron chi connectivity index (χ0n) is 13.8. The lowest BCUT2D eigenvalue weighted by molar-refractivity contribution is -0.144. The third-order valence-corrected chi connectivity index (χ3v) is 3.84. The summed E-state index contributed by atoms with van der Waals surface area (Å²) in [5.74, 6) is 0.204. The fourth-order valence-electron chi connectivity index (χ4n) is 2.28. The molecule has 0 saturated carbocycles. The van der Waals surface area contributed by atoms with E-state index < -0.39 is 5.97 Å². The van der Waals surface area contributed by atoms with Gasteiger partial charge in [0, 0.05) is 5.02 Å². The Morgan fingerprint density at radius 2 is 1.85 bits per heavy atom. The topological polar surface area (TPSA) is 83.3 Å². The number of fused-ring (bicyclic) bond motifs is 1. The summed E-state index contributed by atoms with van der Waals surface area (Å²) in [7, 11) is 0. The van der Waals surface area contributed by atoms with Gasteiger partial charge >= 0.3 is 5.97 Å². The lowest BCUT2D eigenvalue weighted by Gasteiger charge is -2.08. The van der Waals surface area contributed by atoms with Crippen LogP contribution >= 0.6 is 11.6 Å². The summed E-state index contributed by atoms with van der Waals surface area (Å²) in [6.07, 6.45) is 0.0217. The fourth-order valence-corrected chi connectivity index (χ4v) is 2.41. The van der Waals surface area contributed by atoms with E-state index in [-0.39, 0.29) is 31.7 Å². The van der Waals surface area contributed by atoms with Gasteiger partial charge in [0.2, 0.25) is 0 Å². The molecule has 0 spiro atoms. The molecule has 26 heavy (non-hydrogen) atoms. The van der Waals surface area contributed by atoms with Gasteiger partial charge in [-0.2, -0.15) is 0 Å². The monoisotopic (exact) mass is 373 g/mol. The second-order valence-electron chi connectivity index (χ2n) is 5.41. The average molecular weight is 374 g/mol. The van der Waals surface area contributed by atoms with Crippen LogP contribution in [0.1, 0.15) is 6.42 Å².